The number of carbonyl (C=O) groups excluding carboxylic acids is 1. The third kappa shape index (κ3) is 5.63. The van der Waals surface area contributed by atoms with Gasteiger partial charge in [-0.25, -0.2) is 9.59 Å². The van der Waals surface area contributed by atoms with Crippen molar-refractivity contribution in [3.8, 4) is 0 Å². The van der Waals surface area contributed by atoms with Gasteiger partial charge in [-0.3, -0.25) is 0 Å². The van der Waals surface area contributed by atoms with E-state index in [2.05, 4.69) is 11.9 Å². The van der Waals surface area contributed by atoms with Crippen molar-refractivity contribution in [2.24, 2.45) is 11.8 Å². The van der Waals surface area contributed by atoms with Gasteiger partial charge in [-0.05, 0) is 37.5 Å². The topological polar surface area (TPSA) is 75.6 Å². The quantitative estimate of drug-likeness (QED) is 0.671. The Hall–Kier alpha value is -1.52. The standard InChI is InChI=1S/C15H25NO4/c1-3-4-7-11(2)10-20-15(19)16-13(14(17)18)12-8-5-6-9-12/h3,11-13H,1,4-10H2,2H3,(H,16,19)(H,17,18)/t11-,13-/m0/s1. The highest BCUT2D eigenvalue weighted by Gasteiger charge is 2.32. The Bertz CT molecular complexity index is 337. The highest BCUT2D eigenvalue weighted by Crippen LogP contribution is 2.27. The Morgan fingerprint density at radius 1 is 1.45 bits per heavy atom. The Labute approximate surface area is 120 Å². The van der Waals surface area contributed by atoms with Crippen molar-refractivity contribution in [3.63, 3.8) is 0 Å². The molecule has 5 nitrogen and oxygen atoms in total. The summed E-state index contributed by atoms with van der Waals surface area (Å²) in [5.41, 5.74) is 0. The molecule has 0 aromatic carbocycles. The van der Waals surface area contributed by atoms with Gasteiger partial charge in [-0.2, -0.15) is 0 Å². The Morgan fingerprint density at radius 3 is 2.65 bits per heavy atom. The summed E-state index contributed by atoms with van der Waals surface area (Å²) in [5, 5.41) is 11.7. The number of allylic oxidation sites excluding steroid dienone is 1. The number of amides is 1. The van der Waals surface area contributed by atoms with Crippen molar-refractivity contribution in [1.29, 1.82) is 0 Å². The Kier molecular flexibility index (Phi) is 7.12. The molecule has 1 aliphatic rings. The fourth-order valence-corrected chi connectivity index (χ4v) is 2.54. The van der Waals surface area contributed by atoms with Crippen molar-refractivity contribution in [1.82, 2.24) is 5.32 Å². The summed E-state index contributed by atoms with van der Waals surface area (Å²) >= 11 is 0. The van der Waals surface area contributed by atoms with E-state index in [1.54, 1.807) is 0 Å². The van der Waals surface area contributed by atoms with Crippen LogP contribution in [0, 0.1) is 11.8 Å². The maximum absolute atomic E-state index is 11.7. The third-order valence-corrected chi connectivity index (χ3v) is 3.77. The van der Waals surface area contributed by atoms with Gasteiger partial charge in [0, 0.05) is 0 Å². The maximum Gasteiger partial charge on any atom is 0.407 e. The minimum Gasteiger partial charge on any atom is -0.480 e. The molecule has 1 amide bonds. The molecule has 0 radical (unpaired) electrons. The number of rotatable bonds is 8. The van der Waals surface area contributed by atoms with Gasteiger partial charge in [0.05, 0.1) is 6.61 Å². The smallest absolute Gasteiger partial charge is 0.407 e. The Morgan fingerprint density at radius 2 is 2.10 bits per heavy atom. The molecule has 1 aliphatic carbocycles. The summed E-state index contributed by atoms with van der Waals surface area (Å²) < 4.78 is 5.09. The molecule has 1 fully saturated rings. The monoisotopic (exact) mass is 283 g/mol. The van der Waals surface area contributed by atoms with Crippen LogP contribution >= 0.6 is 0 Å². The second-order valence-electron chi connectivity index (χ2n) is 5.57. The second-order valence-corrected chi connectivity index (χ2v) is 5.57. The van der Waals surface area contributed by atoms with E-state index in [1.807, 2.05) is 13.0 Å². The van der Waals surface area contributed by atoms with Crippen molar-refractivity contribution in [2.75, 3.05) is 6.61 Å². The first-order valence-corrected chi connectivity index (χ1v) is 7.31. The average Bonchev–Trinajstić information content (AvgIpc) is 2.93. The normalized spacial score (nSPS) is 18.2. The number of carboxylic acid groups (broad SMARTS) is 1. The number of aliphatic carboxylic acids is 1. The zero-order chi connectivity index (χ0) is 15.0. The van der Waals surface area contributed by atoms with Crippen molar-refractivity contribution >= 4 is 12.1 Å². The van der Waals surface area contributed by atoms with Crippen LogP contribution in [0.4, 0.5) is 4.79 Å². The minimum atomic E-state index is -0.978. The number of hydrogen-bond donors (Lipinski definition) is 2. The number of carboxylic acids is 1. The molecule has 114 valence electrons. The molecular weight excluding hydrogens is 258 g/mol. The van der Waals surface area contributed by atoms with Gasteiger partial charge in [0.1, 0.15) is 6.04 Å². The molecule has 2 N–H and O–H groups in total. The first kappa shape index (κ1) is 16.5. The molecule has 5 heteroatoms. The lowest BCUT2D eigenvalue weighted by Gasteiger charge is -2.20. The molecule has 20 heavy (non-hydrogen) atoms. The van der Waals surface area contributed by atoms with E-state index < -0.39 is 18.1 Å². The molecular formula is C15H25NO4. The van der Waals surface area contributed by atoms with Crippen LogP contribution in [0.3, 0.4) is 0 Å². The molecule has 0 unspecified atom stereocenters. The van der Waals surface area contributed by atoms with E-state index in [1.165, 1.54) is 0 Å². The van der Waals surface area contributed by atoms with Gasteiger partial charge in [0.15, 0.2) is 0 Å². The second kappa shape index (κ2) is 8.61. The van der Waals surface area contributed by atoms with Crippen LogP contribution in [-0.4, -0.2) is 29.8 Å². The molecule has 0 aromatic rings. The van der Waals surface area contributed by atoms with Gasteiger partial charge in [-0.1, -0.05) is 25.8 Å². The van der Waals surface area contributed by atoms with Crippen LogP contribution in [0.15, 0.2) is 12.7 Å². The van der Waals surface area contributed by atoms with Crippen molar-refractivity contribution < 1.29 is 19.4 Å². The number of nitrogens with one attached hydrogen (secondary N) is 1. The molecule has 2 atom stereocenters. The van der Waals surface area contributed by atoms with Gasteiger partial charge < -0.3 is 15.2 Å². The summed E-state index contributed by atoms with van der Waals surface area (Å²) in [5.74, 6) is -0.708. The largest absolute Gasteiger partial charge is 0.480 e. The number of ether oxygens (including phenoxy) is 1. The van der Waals surface area contributed by atoms with Crippen LogP contribution in [0.25, 0.3) is 0 Å². The highest BCUT2D eigenvalue weighted by atomic mass is 16.5. The minimum absolute atomic E-state index is 0.0261. The van der Waals surface area contributed by atoms with Gasteiger partial charge in [-0.15, -0.1) is 6.58 Å². The van der Waals surface area contributed by atoms with E-state index in [-0.39, 0.29) is 11.8 Å². The molecule has 0 heterocycles. The lowest BCUT2D eigenvalue weighted by molar-refractivity contribution is -0.140. The number of hydrogen-bond acceptors (Lipinski definition) is 3. The van der Waals surface area contributed by atoms with Crippen LogP contribution in [0.1, 0.15) is 45.4 Å². The molecule has 0 spiro atoms. The average molecular weight is 283 g/mol. The predicted molar refractivity (Wildman–Crippen MR) is 76.5 cm³/mol. The summed E-state index contributed by atoms with van der Waals surface area (Å²) in [6.07, 6.45) is 6.76. The highest BCUT2D eigenvalue weighted by molar-refractivity contribution is 5.80. The van der Waals surface area contributed by atoms with Crippen LogP contribution in [-0.2, 0) is 9.53 Å². The summed E-state index contributed by atoms with van der Waals surface area (Å²) in [6.45, 7) is 5.94. The van der Waals surface area contributed by atoms with E-state index in [0.29, 0.717) is 6.61 Å². The van der Waals surface area contributed by atoms with Crippen LogP contribution < -0.4 is 5.32 Å². The number of alkyl carbamates (subject to hydrolysis) is 1. The SMILES string of the molecule is C=CCC[C@H](C)COC(=O)N[C@H](C(=O)O)C1CCCC1. The lowest BCUT2D eigenvalue weighted by atomic mass is 9.98. The van der Waals surface area contributed by atoms with E-state index in [4.69, 9.17) is 4.74 Å². The first-order valence-electron chi connectivity index (χ1n) is 7.31. The third-order valence-electron chi connectivity index (χ3n) is 3.77. The number of carbonyl (C=O) groups is 2. The van der Waals surface area contributed by atoms with E-state index in [0.717, 1.165) is 38.5 Å². The fourth-order valence-electron chi connectivity index (χ4n) is 2.54. The van der Waals surface area contributed by atoms with Gasteiger partial charge in [0.25, 0.3) is 0 Å². The zero-order valence-electron chi connectivity index (χ0n) is 12.1. The molecule has 0 aliphatic heterocycles. The lowest BCUT2D eigenvalue weighted by Crippen LogP contribution is -2.45. The van der Waals surface area contributed by atoms with E-state index >= 15 is 0 Å². The predicted octanol–water partition coefficient (Wildman–Crippen LogP) is 2.96. The van der Waals surface area contributed by atoms with E-state index in [9.17, 15) is 14.7 Å². The molecule has 0 bridgehead atoms. The molecule has 0 aromatic heterocycles. The van der Waals surface area contributed by atoms with Gasteiger partial charge >= 0.3 is 12.1 Å². The first-order chi connectivity index (χ1) is 9.54. The maximum atomic E-state index is 11.7. The zero-order valence-corrected chi connectivity index (χ0v) is 12.1. The molecule has 1 rings (SSSR count). The summed E-state index contributed by atoms with van der Waals surface area (Å²) in [6, 6.07) is -0.825. The summed E-state index contributed by atoms with van der Waals surface area (Å²) in [4.78, 5) is 22.9. The summed E-state index contributed by atoms with van der Waals surface area (Å²) in [7, 11) is 0. The van der Waals surface area contributed by atoms with Gasteiger partial charge in [0.2, 0.25) is 0 Å². The van der Waals surface area contributed by atoms with Crippen LogP contribution in [0.2, 0.25) is 0 Å². The Balaban J connectivity index is 2.34. The van der Waals surface area contributed by atoms with Crippen LogP contribution in [0.5, 0.6) is 0 Å². The fraction of sp³-hybridized carbons (Fsp3) is 0.733. The van der Waals surface area contributed by atoms with Crippen molar-refractivity contribution in [3.05, 3.63) is 12.7 Å². The molecule has 0 saturated heterocycles. The molecule has 1 saturated carbocycles. The van der Waals surface area contributed by atoms with Crippen molar-refractivity contribution in [2.45, 2.75) is 51.5 Å².